The van der Waals surface area contributed by atoms with Crippen molar-refractivity contribution in [2.75, 3.05) is 26.2 Å². The number of carbonyl (C=O) groups excluding carboxylic acids is 1. The summed E-state index contributed by atoms with van der Waals surface area (Å²) in [6.07, 6.45) is 3.86. The molecular weight excluding hydrogens is 276 g/mol. The van der Waals surface area contributed by atoms with Crippen molar-refractivity contribution in [3.63, 3.8) is 0 Å². The van der Waals surface area contributed by atoms with Gasteiger partial charge in [-0.1, -0.05) is 19.1 Å². The summed E-state index contributed by atoms with van der Waals surface area (Å²) < 4.78 is 0. The number of phenols is 1. The average Bonchev–Trinajstić information content (AvgIpc) is 2.52. The van der Waals surface area contributed by atoms with E-state index in [0.29, 0.717) is 17.7 Å². The third-order valence-electron chi connectivity index (χ3n) is 4.58. The number of aromatic hydroxyl groups is 1. The second-order valence-electron chi connectivity index (χ2n) is 6.19. The van der Waals surface area contributed by atoms with Gasteiger partial charge in [0.15, 0.2) is 0 Å². The fraction of sp³-hybridized carbons (Fsp3) is 0.611. The monoisotopic (exact) mass is 304 g/mol. The zero-order valence-electron chi connectivity index (χ0n) is 13.8. The van der Waals surface area contributed by atoms with Crippen LogP contribution >= 0.6 is 0 Å². The molecule has 1 N–H and O–H groups in total. The molecule has 0 aromatic heterocycles. The lowest BCUT2D eigenvalue weighted by Crippen LogP contribution is -2.44. The first-order chi connectivity index (χ1) is 10.6. The summed E-state index contributed by atoms with van der Waals surface area (Å²) in [4.78, 5) is 16.3. The minimum Gasteiger partial charge on any atom is -0.508 e. The smallest absolute Gasteiger partial charge is 0.222 e. The van der Waals surface area contributed by atoms with E-state index >= 15 is 0 Å². The van der Waals surface area contributed by atoms with Gasteiger partial charge < -0.3 is 10.0 Å². The number of hydrogen-bond acceptors (Lipinski definition) is 3. The first-order valence-electron chi connectivity index (χ1n) is 8.40. The normalized spacial score (nSPS) is 17.0. The summed E-state index contributed by atoms with van der Waals surface area (Å²) in [5.41, 5.74) is 1.23. The lowest BCUT2D eigenvalue weighted by Gasteiger charge is -2.32. The Kier molecular flexibility index (Phi) is 6.25. The number of phenolic OH excluding ortho intramolecular Hbond substituents is 1. The van der Waals surface area contributed by atoms with E-state index in [4.69, 9.17) is 0 Å². The Balaban J connectivity index is 1.84. The quantitative estimate of drug-likeness (QED) is 0.842. The average molecular weight is 304 g/mol. The molecule has 1 unspecified atom stereocenters. The van der Waals surface area contributed by atoms with Gasteiger partial charge in [-0.25, -0.2) is 0 Å². The molecule has 122 valence electrons. The van der Waals surface area contributed by atoms with Crippen molar-refractivity contribution in [2.45, 2.75) is 45.6 Å². The maximum atomic E-state index is 11.9. The highest BCUT2D eigenvalue weighted by Gasteiger charge is 2.20. The van der Waals surface area contributed by atoms with Crippen LogP contribution in [-0.4, -0.2) is 53.0 Å². The summed E-state index contributed by atoms with van der Waals surface area (Å²) in [5.74, 6) is 0.626. The first-order valence-corrected chi connectivity index (χ1v) is 8.40. The van der Waals surface area contributed by atoms with Crippen molar-refractivity contribution in [3.05, 3.63) is 29.8 Å². The molecule has 2 rings (SSSR count). The number of likely N-dealkylation sites (tertiary alicyclic amines) is 1. The highest BCUT2D eigenvalue weighted by molar-refractivity contribution is 5.76. The standard InChI is InChI=1S/C18H28N2O2/c1-3-19(12-13-20-11-5-4-6-18(20)22)15(2)14-16-7-9-17(21)10-8-16/h7-10,15,21H,3-6,11-14H2,1-2H3. The van der Waals surface area contributed by atoms with Crippen LogP contribution in [0.3, 0.4) is 0 Å². The van der Waals surface area contributed by atoms with Crippen LogP contribution in [-0.2, 0) is 11.2 Å². The molecule has 0 spiro atoms. The maximum absolute atomic E-state index is 11.9. The molecule has 0 bridgehead atoms. The molecule has 1 aromatic rings. The number of benzene rings is 1. The maximum Gasteiger partial charge on any atom is 0.222 e. The summed E-state index contributed by atoms with van der Waals surface area (Å²) in [5, 5.41) is 9.35. The van der Waals surface area contributed by atoms with E-state index in [0.717, 1.165) is 51.9 Å². The Morgan fingerprint density at radius 3 is 2.64 bits per heavy atom. The predicted octanol–water partition coefficient (Wildman–Crippen LogP) is 2.66. The summed E-state index contributed by atoms with van der Waals surface area (Å²) in [6, 6.07) is 7.87. The van der Waals surface area contributed by atoms with Crippen LogP contribution in [0, 0.1) is 0 Å². The Labute approximate surface area is 133 Å². The van der Waals surface area contributed by atoms with Crippen molar-refractivity contribution in [2.24, 2.45) is 0 Å². The van der Waals surface area contributed by atoms with E-state index in [1.54, 1.807) is 12.1 Å². The Morgan fingerprint density at radius 2 is 2.00 bits per heavy atom. The highest BCUT2D eigenvalue weighted by Crippen LogP contribution is 2.14. The van der Waals surface area contributed by atoms with Gasteiger partial charge in [0, 0.05) is 32.1 Å². The van der Waals surface area contributed by atoms with Crippen molar-refractivity contribution in [1.29, 1.82) is 0 Å². The van der Waals surface area contributed by atoms with Crippen LogP contribution in [0.2, 0.25) is 0 Å². The topological polar surface area (TPSA) is 43.8 Å². The molecular formula is C18H28N2O2. The van der Waals surface area contributed by atoms with Gasteiger partial charge in [-0.05, 0) is 50.4 Å². The molecule has 0 aliphatic carbocycles. The van der Waals surface area contributed by atoms with E-state index in [2.05, 4.69) is 18.7 Å². The molecule has 0 radical (unpaired) electrons. The second-order valence-corrected chi connectivity index (χ2v) is 6.19. The Hall–Kier alpha value is -1.55. The van der Waals surface area contributed by atoms with Gasteiger partial charge in [0.2, 0.25) is 5.91 Å². The molecule has 1 aliphatic heterocycles. The van der Waals surface area contributed by atoms with Gasteiger partial charge in [0.05, 0.1) is 0 Å². The molecule has 4 heteroatoms. The largest absolute Gasteiger partial charge is 0.508 e. The minimum atomic E-state index is 0.312. The van der Waals surface area contributed by atoms with Gasteiger partial charge in [0.25, 0.3) is 0 Å². The Morgan fingerprint density at radius 1 is 1.27 bits per heavy atom. The van der Waals surface area contributed by atoms with Crippen molar-refractivity contribution >= 4 is 5.91 Å². The Bertz CT molecular complexity index is 472. The molecule has 1 heterocycles. The molecule has 1 saturated heterocycles. The van der Waals surface area contributed by atoms with Gasteiger partial charge in [-0.3, -0.25) is 9.69 Å². The number of carbonyl (C=O) groups is 1. The summed E-state index contributed by atoms with van der Waals surface area (Å²) >= 11 is 0. The number of hydrogen-bond donors (Lipinski definition) is 1. The van der Waals surface area contributed by atoms with E-state index < -0.39 is 0 Å². The van der Waals surface area contributed by atoms with Crippen molar-refractivity contribution in [3.8, 4) is 5.75 Å². The third-order valence-corrected chi connectivity index (χ3v) is 4.58. The van der Waals surface area contributed by atoms with Gasteiger partial charge >= 0.3 is 0 Å². The lowest BCUT2D eigenvalue weighted by molar-refractivity contribution is -0.133. The molecule has 1 aromatic carbocycles. The molecule has 0 saturated carbocycles. The van der Waals surface area contributed by atoms with Crippen LogP contribution < -0.4 is 0 Å². The van der Waals surface area contributed by atoms with E-state index in [9.17, 15) is 9.90 Å². The molecule has 1 atom stereocenters. The summed E-state index contributed by atoms with van der Waals surface area (Å²) in [6.45, 7) is 8.08. The number of amides is 1. The van der Waals surface area contributed by atoms with Crippen LogP contribution in [0.4, 0.5) is 0 Å². The predicted molar refractivity (Wildman–Crippen MR) is 89.0 cm³/mol. The molecule has 1 aliphatic rings. The van der Waals surface area contributed by atoms with Gasteiger partial charge in [-0.15, -0.1) is 0 Å². The number of likely N-dealkylation sites (N-methyl/N-ethyl adjacent to an activating group) is 1. The third kappa shape index (κ3) is 4.73. The number of nitrogens with zero attached hydrogens (tertiary/aromatic N) is 2. The van der Waals surface area contributed by atoms with E-state index in [1.807, 2.05) is 17.0 Å². The zero-order valence-corrected chi connectivity index (χ0v) is 13.8. The number of piperidine rings is 1. The summed E-state index contributed by atoms with van der Waals surface area (Å²) in [7, 11) is 0. The molecule has 4 nitrogen and oxygen atoms in total. The molecule has 22 heavy (non-hydrogen) atoms. The highest BCUT2D eigenvalue weighted by atomic mass is 16.3. The van der Waals surface area contributed by atoms with E-state index in [1.165, 1.54) is 5.56 Å². The SMILES string of the molecule is CCN(CCN1CCCCC1=O)C(C)Cc1ccc(O)cc1. The van der Waals surface area contributed by atoms with Crippen molar-refractivity contribution in [1.82, 2.24) is 9.80 Å². The molecule has 1 amide bonds. The fourth-order valence-corrected chi connectivity index (χ4v) is 3.14. The fourth-order valence-electron chi connectivity index (χ4n) is 3.14. The molecule has 1 fully saturated rings. The number of rotatable bonds is 7. The van der Waals surface area contributed by atoms with Gasteiger partial charge in [0.1, 0.15) is 5.75 Å². The minimum absolute atomic E-state index is 0.312. The van der Waals surface area contributed by atoms with Crippen LogP contribution in [0.1, 0.15) is 38.7 Å². The van der Waals surface area contributed by atoms with Crippen LogP contribution in [0.5, 0.6) is 5.75 Å². The van der Waals surface area contributed by atoms with Gasteiger partial charge in [-0.2, -0.15) is 0 Å². The second kappa shape index (κ2) is 8.18. The van der Waals surface area contributed by atoms with Crippen LogP contribution in [0.15, 0.2) is 24.3 Å². The van der Waals surface area contributed by atoms with Crippen molar-refractivity contribution < 1.29 is 9.90 Å². The zero-order chi connectivity index (χ0) is 15.9. The van der Waals surface area contributed by atoms with Crippen LogP contribution in [0.25, 0.3) is 0 Å². The first kappa shape index (κ1) is 16.8. The van der Waals surface area contributed by atoms with E-state index in [-0.39, 0.29) is 0 Å². The lowest BCUT2D eigenvalue weighted by atomic mass is 10.1.